The number of benzene rings is 1. The van der Waals surface area contributed by atoms with Gasteiger partial charge in [-0.05, 0) is 44.3 Å². The first kappa shape index (κ1) is 17.1. The van der Waals surface area contributed by atoms with E-state index in [1.54, 1.807) is 18.2 Å². The van der Waals surface area contributed by atoms with Crippen LogP contribution in [0.15, 0.2) is 24.3 Å². The highest BCUT2D eigenvalue weighted by molar-refractivity contribution is 7.99. The van der Waals surface area contributed by atoms with E-state index in [-0.39, 0.29) is 12.5 Å². The number of carbonyl (C=O) groups excluding carboxylic acids is 1. The number of hydrogen-bond acceptors (Lipinski definition) is 5. The monoisotopic (exact) mass is 345 g/mol. The molecule has 2 fully saturated rings. The van der Waals surface area contributed by atoms with Gasteiger partial charge in [0.15, 0.2) is 6.61 Å². The summed E-state index contributed by atoms with van der Waals surface area (Å²) in [6.45, 7) is 3.86. The summed E-state index contributed by atoms with van der Waals surface area (Å²) in [4.78, 5) is 17.0. The van der Waals surface area contributed by atoms with E-state index >= 15 is 0 Å². The van der Waals surface area contributed by atoms with Gasteiger partial charge >= 0.3 is 0 Å². The van der Waals surface area contributed by atoms with E-state index in [0.29, 0.717) is 22.6 Å². The maximum atomic E-state index is 12.5. The van der Waals surface area contributed by atoms with Gasteiger partial charge in [0.25, 0.3) is 5.91 Å². The fourth-order valence-electron chi connectivity index (χ4n) is 3.53. The minimum Gasteiger partial charge on any atom is -0.482 e. The molecule has 0 spiro atoms. The number of para-hydroxylation sites is 1. The van der Waals surface area contributed by atoms with Crippen molar-refractivity contribution in [2.75, 3.05) is 39.0 Å². The van der Waals surface area contributed by atoms with E-state index < -0.39 is 0 Å². The van der Waals surface area contributed by atoms with Gasteiger partial charge in [0.1, 0.15) is 11.8 Å². The molecule has 24 heavy (non-hydrogen) atoms. The highest BCUT2D eigenvalue weighted by Crippen LogP contribution is 2.28. The van der Waals surface area contributed by atoms with Crippen molar-refractivity contribution in [3.8, 4) is 11.8 Å². The minimum absolute atomic E-state index is 0.00323. The summed E-state index contributed by atoms with van der Waals surface area (Å²) < 4.78 is 5.60. The molecular formula is C18H23N3O2S. The van der Waals surface area contributed by atoms with Crippen LogP contribution in [-0.4, -0.2) is 66.0 Å². The first-order valence-electron chi connectivity index (χ1n) is 8.39. The van der Waals surface area contributed by atoms with Gasteiger partial charge in [-0.1, -0.05) is 12.1 Å². The number of ether oxygens (including phenoxy) is 1. The van der Waals surface area contributed by atoms with Crippen molar-refractivity contribution in [3.63, 3.8) is 0 Å². The molecule has 0 radical (unpaired) electrons. The molecule has 2 atom stereocenters. The Labute approximate surface area is 147 Å². The Balaban J connectivity index is 1.58. The molecule has 2 aliphatic heterocycles. The standard InChI is InChI=1S/C18H23N3O2S/c1-24-17-12-21(11-15(17)20-8-4-5-9-20)18(22)13-23-16-7-3-2-6-14(16)10-19/h2-3,6-7,15,17H,4-5,8-9,11-13H2,1H3/t15-,17+/m0/s1. The summed E-state index contributed by atoms with van der Waals surface area (Å²) >= 11 is 1.85. The zero-order valence-electron chi connectivity index (χ0n) is 14.0. The number of carbonyl (C=O) groups is 1. The molecule has 0 aromatic heterocycles. The van der Waals surface area contributed by atoms with Crippen molar-refractivity contribution in [1.29, 1.82) is 5.26 Å². The van der Waals surface area contributed by atoms with Gasteiger partial charge in [-0.3, -0.25) is 9.69 Å². The van der Waals surface area contributed by atoms with E-state index in [9.17, 15) is 4.79 Å². The van der Waals surface area contributed by atoms with Crippen molar-refractivity contribution >= 4 is 17.7 Å². The highest BCUT2D eigenvalue weighted by atomic mass is 32.2. The van der Waals surface area contributed by atoms with Crippen molar-refractivity contribution in [1.82, 2.24) is 9.80 Å². The van der Waals surface area contributed by atoms with Gasteiger partial charge in [0.2, 0.25) is 0 Å². The van der Waals surface area contributed by atoms with E-state index in [0.717, 1.165) is 26.2 Å². The molecule has 0 unspecified atom stereocenters. The molecule has 1 aromatic carbocycles. The van der Waals surface area contributed by atoms with E-state index in [4.69, 9.17) is 10.00 Å². The molecule has 0 saturated carbocycles. The Kier molecular flexibility index (Phi) is 5.64. The Morgan fingerprint density at radius 3 is 2.79 bits per heavy atom. The third kappa shape index (κ3) is 3.68. The van der Waals surface area contributed by atoms with Gasteiger partial charge in [0.05, 0.1) is 5.56 Å². The summed E-state index contributed by atoms with van der Waals surface area (Å²) in [6.07, 6.45) is 4.65. The van der Waals surface area contributed by atoms with Crippen LogP contribution in [0, 0.1) is 11.3 Å². The third-order valence-electron chi connectivity index (χ3n) is 4.86. The molecule has 6 heteroatoms. The summed E-state index contributed by atoms with van der Waals surface area (Å²) in [5, 5.41) is 9.55. The first-order chi connectivity index (χ1) is 11.7. The largest absolute Gasteiger partial charge is 0.482 e. The number of nitriles is 1. The summed E-state index contributed by atoms with van der Waals surface area (Å²) in [6, 6.07) is 9.57. The average Bonchev–Trinajstić information content (AvgIpc) is 3.28. The molecule has 3 rings (SSSR count). The molecule has 2 heterocycles. The molecule has 0 N–H and O–H groups in total. The fourth-order valence-corrected chi connectivity index (χ4v) is 4.43. The predicted molar refractivity (Wildman–Crippen MR) is 95.1 cm³/mol. The van der Waals surface area contributed by atoms with E-state index in [2.05, 4.69) is 17.2 Å². The second-order valence-electron chi connectivity index (χ2n) is 6.28. The number of rotatable bonds is 5. The first-order valence-corrected chi connectivity index (χ1v) is 9.68. The van der Waals surface area contributed by atoms with Gasteiger partial charge < -0.3 is 9.64 Å². The van der Waals surface area contributed by atoms with Gasteiger partial charge in [-0.2, -0.15) is 17.0 Å². The van der Waals surface area contributed by atoms with Crippen LogP contribution in [0.5, 0.6) is 5.75 Å². The normalized spacial score (nSPS) is 24.1. The Hall–Kier alpha value is -1.71. The molecule has 5 nitrogen and oxygen atoms in total. The number of likely N-dealkylation sites (tertiary alicyclic amines) is 2. The van der Waals surface area contributed by atoms with Crippen LogP contribution < -0.4 is 4.74 Å². The number of amides is 1. The second-order valence-corrected chi connectivity index (χ2v) is 7.36. The second kappa shape index (κ2) is 7.91. The lowest BCUT2D eigenvalue weighted by Crippen LogP contribution is -2.41. The van der Waals surface area contributed by atoms with Crippen molar-refractivity contribution in [3.05, 3.63) is 29.8 Å². The lowest BCUT2D eigenvalue weighted by Gasteiger charge is -2.27. The van der Waals surface area contributed by atoms with Gasteiger partial charge in [-0.15, -0.1) is 0 Å². The Morgan fingerprint density at radius 2 is 2.08 bits per heavy atom. The predicted octanol–water partition coefficient (Wildman–Crippen LogP) is 1.98. The van der Waals surface area contributed by atoms with Crippen molar-refractivity contribution < 1.29 is 9.53 Å². The molecule has 128 valence electrons. The fraction of sp³-hybridized carbons (Fsp3) is 0.556. The lowest BCUT2D eigenvalue weighted by atomic mass is 10.2. The topological polar surface area (TPSA) is 56.6 Å². The smallest absolute Gasteiger partial charge is 0.260 e. The van der Waals surface area contributed by atoms with Crippen LogP contribution >= 0.6 is 11.8 Å². The van der Waals surface area contributed by atoms with Crippen LogP contribution in [0.4, 0.5) is 0 Å². The SMILES string of the molecule is CS[C@@H]1CN(C(=O)COc2ccccc2C#N)C[C@@H]1N1CCCC1. The zero-order chi connectivity index (χ0) is 16.9. The molecular weight excluding hydrogens is 322 g/mol. The van der Waals surface area contributed by atoms with Gasteiger partial charge in [-0.25, -0.2) is 0 Å². The molecule has 1 aromatic rings. The molecule has 0 bridgehead atoms. The third-order valence-corrected chi connectivity index (χ3v) is 5.93. The maximum absolute atomic E-state index is 12.5. The maximum Gasteiger partial charge on any atom is 0.260 e. The molecule has 1 amide bonds. The van der Waals surface area contributed by atoms with Crippen LogP contribution in [-0.2, 0) is 4.79 Å². The number of thioether (sulfide) groups is 1. The zero-order valence-corrected chi connectivity index (χ0v) is 14.8. The van der Waals surface area contributed by atoms with Crippen LogP contribution in [0.1, 0.15) is 18.4 Å². The lowest BCUT2D eigenvalue weighted by molar-refractivity contribution is -0.132. The quantitative estimate of drug-likeness (QED) is 0.817. The Bertz CT molecular complexity index is 625. The number of hydrogen-bond donors (Lipinski definition) is 0. The van der Waals surface area contributed by atoms with E-state index in [1.165, 1.54) is 12.8 Å². The van der Waals surface area contributed by atoms with Crippen LogP contribution in [0.2, 0.25) is 0 Å². The molecule has 2 saturated heterocycles. The highest BCUT2D eigenvalue weighted by Gasteiger charge is 2.38. The summed E-state index contributed by atoms with van der Waals surface area (Å²) in [7, 11) is 0. The average molecular weight is 345 g/mol. The number of nitrogens with zero attached hydrogens (tertiary/aromatic N) is 3. The summed E-state index contributed by atoms with van der Waals surface area (Å²) in [5.74, 6) is 0.480. The molecule has 0 aliphatic carbocycles. The van der Waals surface area contributed by atoms with Crippen molar-refractivity contribution in [2.45, 2.75) is 24.1 Å². The van der Waals surface area contributed by atoms with Crippen LogP contribution in [0.3, 0.4) is 0 Å². The van der Waals surface area contributed by atoms with Crippen molar-refractivity contribution in [2.24, 2.45) is 0 Å². The van der Waals surface area contributed by atoms with Crippen LogP contribution in [0.25, 0.3) is 0 Å². The van der Waals surface area contributed by atoms with Gasteiger partial charge in [0, 0.05) is 24.4 Å². The minimum atomic E-state index is -0.00743. The van der Waals surface area contributed by atoms with E-state index in [1.807, 2.05) is 22.7 Å². The summed E-state index contributed by atoms with van der Waals surface area (Å²) in [5.41, 5.74) is 0.462. The Morgan fingerprint density at radius 1 is 1.33 bits per heavy atom. The molecule has 2 aliphatic rings.